The summed E-state index contributed by atoms with van der Waals surface area (Å²) in [5.41, 5.74) is 1.07. The highest BCUT2D eigenvalue weighted by Crippen LogP contribution is 2.31. The van der Waals surface area contributed by atoms with Crippen LogP contribution < -0.4 is 4.90 Å². The van der Waals surface area contributed by atoms with Crippen LogP contribution in [0.2, 0.25) is 0 Å². The van der Waals surface area contributed by atoms with Crippen molar-refractivity contribution in [1.29, 1.82) is 0 Å². The summed E-state index contributed by atoms with van der Waals surface area (Å²) in [6.45, 7) is 3.70. The largest absolute Gasteiger partial charge is 0.373 e. The van der Waals surface area contributed by atoms with Gasteiger partial charge in [-0.3, -0.25) is 0 Å². The van der Waals surface area contributed by atoms with Crippen LogP contribution in [0.3, 0.4) is 0 Å². The van der Waals surface area contributed by atoms with E-state index in [2.05, 4.69) is 30.0 Å². The molecule has 2 atom stereocenters. The molecule has 0 saturated carbocycles. The fraction of sp³-hybridized carbons (Fsp3) is 0.462. The zero-order chi connectivity index (χ0) is 12.5. The Kier molecular flexibility index (Phi) is 3.41. The number of hydrogen-bond acceptors (Lipinski definition) is 4. The second-order valence-corrected chi connectivity index (χ2v) is 5.89. The zero-order valence-electron chi connectivity index (χ0n) is 10.2. The van der Waals surface area contributed by atoms with Crippen LogP contribution in [0.4, 0.5) is 5.13 Å². The van der Waals surface area contributed by atoms with Crippen LogP contribution in [0, 0.1) is 0 Å². The van der Waals surface area contributed by atoms with Crippen LogP contribution in [0.5, 0.6) is 0 Å². The number of rotatable bonds is 2. The van der Waals surface area contributed by atoms with Crippen LogP contribution in [-0.4, -0.2) is 36.2 Å². The minimum absolute atomic E-state index is 0.106. The Morgan fingerprint density at radius 3 is 3.11 bits per heavy atom. The molecule has 0 bridgehead atoms. The highest BCUT2D eigenvalue weighted by atomic mass is 35.5. The lowest BCUT2D eigenvalue weighted by atomic mass is 10.2. The summed E-state index contributed by atoms with van der Waals surface area (Å²) in [6, 6.07) is 8.59. The normalized spacial score (nSPS) is 24.7. The quantitative estimate of drug-likeness (QED) is 0.792. The Hall–Kier alpha value is -0.840. The van der Waals surface area contributed by atoms with Crippen LogP contribution in [-0.2, 0) is 4.74 Å². The van der Waals surface area contributed by atoms with Crippen molar-refractivity contribution in [3.05, 3.63) is 24.3 Å². The summed E-state index contributed by atoms with van der Waals surface area (Å²) in [7, 11) is 0. The smallest absolute Gasteiger partial charge is 0.186 e. The molecule has 2 aromatic rings. The molecule has 3 nitrogen and oxygen atoms in total. The Bertz CT molecular complexity index is 512. The number of fused-ring (bicyclic) bond motifs is 1. The van der Waals surface area contributed by atoms with E-state index in [1.807, 2.05) is 6.07 Å². The summed E-state index contributed by atoms with van der Waals surface area (Å²) in [5, 5.41) is 1.07. The predicted octanol–water partition coefficient (Wildman–Crippen LogP) is 3.13. The third-order valence-corrected chi connectivity index (χ3v) is 4.62. The Balaban J connectivity index is 1.92. The number of anilines is 1. The third-order valence-electron chi connectivity index (χ3n) is 3.21. The number of nitrogens with zero attached hydrogens (tertiary/aromatic N) is 2. The molecule has 1 fully saturated rings. The fourth-order valence-corrected chi connectivity index (χ4v) is 3.42. The van der Waals surface area contributed by atoms with Crippen molar-refractivity contribution in [1.82, 2.24) is 4.98 Å². The van der Waals surface area contributed by atoms with Crippen molar-refractivity contribution >= 4 is 38.3 Å². The number of para-hydroxylation sites is 1. The molecule has 0 N–H and O–H groups in total. The maximum Gasteiger partial charge on any atom is 0.186 e. The monoisotopic (exact) mass is 282 g/mol. The number of morpholine rings is 1. The second kappa shape index (κ2) is 5.03. The van der Waals surface area contributed by atoms with Gasteiger partial charge in [0.2, 0.25) is 0 Å². The summed E-state index contributed by atoms with van der Waals surface area (Å²) in [6.07, 6.45) is 0.106. The average molecular weight is 283 g/mol. The van der Waals surface area contributed by atoms with Crippen molar-refractivity contribution in [3.8, 4) is 0 Å². The molecule has 1 aliphatic rings. The van der Waals surface area contributed by atoms with Gasteiger partial charge in [-0.15, -0.1) is 11.6 Å². The molecule has 0 spiro atoms. The van der Waals surface area contributed by atoms with Gasteiger partial charge in [-0.05, 0) is 19.1 Å². The van der Waals surface area contributed by atoms with E-state index in [1.54, 1.807) is 11.3 Å². The first-order valence-electron chi connectivity index (χ1n) is 6.07. The van der Waals surface area contributed by atoms with E-state index in [0.29, 0.717) is 18.5 Å². The fourth-order valence-electron chi connectivity index (χ4n) is 2.16. The van der Waals surface area contributed by atoms with Crippen molar-refractivity contribution in [2.45, 2.75) is 19.1 Å². The first kappa shape index (κ1) is 12.2. The lowest BCUT2D eigenvalue weighted by molar-refractivity contribution is 0.0365. The standard InChI is InChI=1S/C13H15ClN2OS/c1-9-8-17-10(6-14)7-16(9)13-15-11-4-2-3-5-12(11)18-13/h2-5,9-10H,6-8H2,1H3. The second-order valence-electron chi connectivity index (χ2n) is 4.58. The molecule has 0 amide bonds. The van der Waals surface area contributed by atoms with Gasteiger partial charge in [0.05, 0.1) is 34.8 Å². The van der Waals surface area contributed by atoms with Gasteiger partial charge in [0.15, 0.2) is 5.13 Å². The van der Waals surface area contributed by atoms with E-state index < -0.39 is 0 Å². The number of ether oxygens (including phenoxy) is 1. The predicted molar refractivity (Wildman–Crippen MR) is 76.9 cm³/mol. The Morgan fingerprint density at radius 1 is 1.50 bits per heavy atom. The molecule has 1 saturated heterocycles. The first-order chi connectivity index (χ1) is 8.78. The lowest BCUT2D eigenvalue weighted by Crippen LogP contribution is -2.49. The maximum absolute atomic E-state index is 5.89. The molecule has 2 unspecified atom stereocenters. The number of aromatic nitrogens is 1. The number of halogens is 1. The number of thiazole rings is 1. The van der Waals surface area contributed by atoms with Gasteiger partial charge < -0.3 is 9.64 Å². The number of hydrogen-bond donors (Lipinski definition) is 0. The van der Waals surface area contributed by atoms with Gasteiger partial charge in [-0.1, -0.05) is 23.5 Å². The highest BCUT2D eigenvalue weighted by Gasteiger charge is 2.27. The lowest BCUT2D eigenvalue weighted by Gasteiger charge is -2.37. The van der Waals surface area contributed by atoms with Crippen molar-refractivity contribution in [2.24, 2.45) is 0 Å². The number of benzene rings is 1. The Morgan fingerprint density at radius 2 is 2.33 bits per heavy atom. The molecule has 3 rings (SSSR count). The SMILES string of the molecule is CC1COC(CCl)CN1c1nc2ccccc2s1. The van der Waals surface area contributed by atoms with Crippen LogP contribution >= 0.6 is 22.9 Å². The molecule has 96 valence electrons. The third kappa shape index (κ3) is 2.20. The molecular weight excluding hydrogens is 268 g/mol. The minimum Gasteiger partial charge on any atom is -0.373 e. The molecule has 2 heterocycles. The van der Waals surface area contributed by atoms with Crippen LogP contribution in [0.25, 0.3) is 10.2 Å². The molecule has 1 aromatic carbocycles. The highest BCUT2D eigenvalue weighted by molar-refractivity contribution is 7.22. The van der Waals surface area contributed by atoms with Gasteiger partial charge in [0.25, 0.3) is 0 Å². The molecule has 5 heteroatoms. The zero-order valence-corrected chi connectivity index (χ0v) is 11.7. The minimum atomic E-state index is 0.106. The van der Waals surface area contributed by atoms with Crippen molar-refractivity contribution in [3.63, 3.8) is 0 Å². The van der Waals surface area contributed by atoms with Gasteiger partial charge >= 0.3 is 0 Å². The van der Waals surface area contributed by atoms with E-state index in [1.165, 1.54) is 4.70 Å². The van der Waals surface area contributed by atoms with E-state index >= 15 is 0 Å². The first-order valence-corrected chi connectivity index (χ1v) is 7.43. The Labute approximate surface area is 115 Å². The van der Waals surface area contributed by atoms with Crippen molar-refractivity contribution in [2.75, 3.05) is 23.9 Å². The maximum atomic E-state index is 5.89. The van der Waals surface area contributed by atoms with E-state index in [0.717, 1.165) is 17.2 Å². The average Bonchev–Trinajstić information content (AvgIpc) is 2.82. The summed E-state index contributed by atoms with van der Waals surface area (Å²) in [5.74, 6) is 0.536. The van der Waals surface area contributed by atoms with E-state index in [-0.39, 0.29) is 6.10 Å². The molecular formula is C13H15ClN2OS. The van der Waals surface area contributed by atoms with Gasteiger partial charge in [-0.2, -0.15) is 0 Å². The topological polar surface area (TPSA) is 25.4 Å². The molecule has 0 aliphatic carbocycles. The molecule has 1 aromatic heterocycles. The summed E-state index contributed by atoms with van der Waals surface area (Å²) >= 11 is 7.63. The van der Waals surface area contributed by atoms with Gasteiger partial charge in [0, 0.05) is 6.54 Å². The van der Waals surface area contributed by atoms with Gasteiger partial charge in [-0.25, -0.2) is 4.98 Å². The molecule has 0 radical (unpaired) electrons. The summed E-state index contributed by atoms with van der Waals surface area (Å²) in [4.78, 5) is 7.01. The van der Waals surface area contributed by atoms with Gasteiger partial charge in [0.1, 0.15) is 0 Å². The number of alkyl halides is 1. The molecule has 18 heavy (non-hydrogen) atoms. The molecule has 1 aliphatic heterocycles. The van der Waals surface area contributed by atoms with Crippen molar-refractivity contribution < 1.29 is 4.74 Å². The van der Waals surface area contributed by atoms with E-state index in [9.17, 15) is 0 Å². The van der Waals surface area contributed by atoms with Crippen LogP contribution in [0.15, 0.2) is 24.3 Å². The summed E-state index contributed by atoms with van der Waals surface area (Å²) < 4.78 is 6.90. The van der Waals surface area contributed by atoms with E-state index in [4.69, 9.17) is 21.3 Å². The van der Waals surface area contributed by atoms with Crippen LogP contribution in [0.1, 0.15) is 6.92 Å².